The van der Waals surface area contributed by atoms with E-state index in [4.69, 9.17) is 0 Å². The van der Waals surface area contributed by atoms with E-state index in [1.165, 1.54) is 12.1 Å². The van der Waals surface area contributed by atoms with Crippen molar-refractivity contribution in [1.29, 1.82) is 0 Å². The van der Waals surface area contributed by atoms with Crippen LogP contribution in [0.3, 0.4) is 0 Å². The highest BCUT2D eigenvalue weighted by atomic mass is 19.1. The molecule has 2 aromatic heterocycles. The molecule has 2 heterocycles. The fourth-order valence-corrected chi connectivity index (χ4v) is 2.49. The minimum absolute atomic E-state index is 0.0443. The quantitative estimate of drug-likeness (QED) is 0.408. The maximum Gasteiger partial charge on any atom is 0.239 e. The number of nitrogens with zero attached hydrogens (tertiary/aromatic N) is 4. The number of aliphatic hydroxyl groups is 1. The fraction of sp³-hybridized carbons (Fsp3) is 0.176. The number of carbonyl (C=O) groups excluding carboxylic acids is 1. The Hall–Kier alpha value is -3.29. The molecule has 0 amide bonds. The Morgan fingerprint density at radius 2 is 2.08 bits per heavy atom. The number of aromatic nitrogens is 5. The normalized spacial score (nSPS) is 11.7. The van der Waals surface area contributed by atoms with Crippen molar-refractivity contribution in [2.24, 2.45) is 0 Å². The minimum Gasteiger partial charge on any atom is -0.504 e. The van der Waals surface area contributed by atoms with Crippen LogP contribution in [0, 0.1) is 5.82 Å². The van der Waals surface area contributed by atoms with Crippen LogP contribution in [0.4, 0.5) is 4.39 Å². The van der Waals surface area contributed by atoms with Gasteiger partial charge in [-0.2, -0.15) is 5.21 Å². The van der Waals surface area contributed by atoms with Crippen molar-refractivity contribution < 1.29 is 14.3 Å². The van der Waals surface area contributed by atoms with Gasteiger partial charge in [0.1, 0.15) is 5.82 Å². The molecule has 3 rings (SSSR count). The predicted octanol–water partition coefficient (Wildman–Crippen LogP) is 2.53. The SMILES string of the molecule is CCc1cn(Cc2ccc(F)cc2)cc1C(=O)C=C(O)c1nn[nH]n1. The van der Waals surface area contributed by atoms with Crippen molar-refractivity contribution >= 4 is 11.5 Å². The highest BCUT2D eigenvalue weighted by Crippen LogP contribution is 2.17. The highest BCUT2D eigenvalue weighted by Gasteiger charge is 2.15. The first kappa shape index (κ1) is 16.6. The van der Waals surface area contributed by atoms with Gasteiger partial charge in [0.15, 0.2) is 11.5 Å². The first-order valence-electron chi connectivity index (χ1n) is 7.68. The average molecular weight is 341 g/mol. The van der Waals surface area contributed by atoms with Gasteiger partial charge in [0.2, 0.25) is 5.82 Å². The summed E-state index contributed by atoms with van der Waals surface area (Å²) in [6.45, 7) is 2.46. The van der Waals surface area contributed by atoms with Gasteiger partial charge in [-0.25, -0.2) is 4.39 Å². The molecule has 128 valence electrons. The van der Waals surface area contributed by atoms with Crippen LogP contribution in [0.25, 0.3) is 5.76 Å². The molecule has 0 saturated heterocycles. The molecule has 0 unspecified atom stereocenters. The number of H-pyrrole nitrogens is 1. The Morgan fingerprint density at radius 3 is 2.72 bits per heavy atom. The van der Waals surface area contributed by atoms with E-state index in [1.54, 1.807) is 18.3 Å². The standard InChI is InChI=1S/C17H16FN5O2/c1-2-12-9-23(8-11-3-5-13(18)6-4-11)10-14(12)15(24)7-16(25)17-19-21-22-20-17/h3-7,9-10,25H,2,8H2,1H3,(H,19,20,21,22). The van der Waals surface area contributed by atoms with E-state index >= 15 is 0 Å². The van der Waals surface area contributed by atoms with E-state index in [9.17, 15) is 14.3 Å². The van der Waals surface area contributed by atoms with Gasteiger partial charge < -0.3 is 9.67 Å². The lowest BCUT2D eigenvalue weighted by molar-refractivity contribution is 0.104. The largest absolute Gasteiger partial charge is 0.504 e. The molecule has 0 atom stereocenters. The van der Waals surface area contributed by atoms with Crippen molar-refractivity contribution in [3.8, 4) is 0 Å². The second kappa shape index (κ2) is 7.08. The lowest BCUT2D eigenvalue weighted by atomic mass is 10.1. The molecule has 0 aliphatic rings. The molecule has 8 heteroatoms. The maximum atomic E-state index is 13.0. The lowest BCUT2D eigenvalue weighted by Crippen LogP contribution is -2.00. The van der Waals surface area contributed by atoms with Gasteiger partial charge in [-0.05, 0) is 34.9 Å². The number of aryl methyl sites for hydroxylation is 1. The summed E-state index contributed by atoms with van der Waals surface area (Å²) in [5.41, 5.74) is 2.26. The summed E-state index contributed by atoms with van der Waals surface area (Å²) >= 11 is 0. The molecule has 3 aromatic rings. The van der Waals surface area contributed by atoms with Crippen molar-refractivity contribution in [2.75, 3.05) is 0 Å². The maximum absolute atomic E-state index is 13.0. The first-order valence-corrected chi connectivity index (χ1v) is 7.68. The second-order valence-electron chi connectivity index (χ2n) is 5.48. The summed E-state index contributed by atoms with van der Waals surface area (Å²) in [6.07, 6.45) is 5.32. The number of benzene rings is 1. The summed E-state index contributed by atoms with van der Waals surface area (Å²) < 4.78 is 14.9. The number of halogens is 1. The van der Waals surface area contributed by atoms with Gasteiger partial charge in [0.25, 0.3) is 0 Å². The summed E-state index contributed by atoms with van der Waals surface area (Å²) in [5.74, 6) is -1.04. The number of aliphatic hydroxyl groups excluding tert-OH is 1. The van der Waals surface area contributed by atoms with Gasteiger partial charge >= 0.3 is 0 Å². The zero-order valence-electron chi connectivity index (χ0n) is 13.5. The van der Waals surface area contributed by atoms with Gasteiger partial charge in [-0.3, -0.25) is 4.79 Å². The molecule has 0 bridgehead atoms. The van der Waals surface area contributed by atoms with Crippen molar-refractivity contribution in [3.63, 3.8) is 0 Å². The number of carbonyl (C=O) groups is 1. The molecule has 0 aliphatic carbocycles. The van der Waals surface area contributed by atoms with E-state index in [1.807, 2.05) is 17.7 Å². The van der Waals surface area contributed by atoms with Gasteiger partial charge in [-0.1, -0.05) is 19.1 Å². The van der Waals surface area contributed by atoms with Crippen LogP contribution in [0.2, 0.25) is 0 Å². The van der Waals surface area contributed by atoms with Gasteiger partial charge in [0.05, 0.1) is 0 Å². The monoisotopic (exact) mass is 341 g/mol. The van der Waals surface area contributed by atoms with Crippen molar-refractivity contribution in [1.82, 2.24) is 25.2 Å². The van der Waals surface area contributed by atoms with Crippen LogP contribution < -0.4 is 0 Å². The number of aromatic amines is 1. The molecule has 0 saturated carbocycles. The summed E-state index contributed by atoms with van der Waals surface area (Å²) in [7, 11) is 0. The Bertz CT molecular complexity index is 898. The Labute approximate surface area is 142 Å². The summed E-state index contributed by atoms with van der Waals surface area (Å²) in [5, 5.41) is 22.7. The lowest BCUT2D eigenvalue weighted by Gasteiger charge is -2.02. The van der Waals surface area contributed by atoms with Crippen LogP contribution >= 0.6 is 0 Å². The van der Waals surface area contributed by atoms with E-state index in [-0.39, 0.29) is 23.2 Å². The molecule has 7 nitrogen and oxygen atoms in total. The van der Waals surface area contributed by atoms with Crippen LogP contribution in [0.5, 0.6) is 0 Å². The predicted molar refractivity (Wildman–Crippen MR) is 88.4 cm³/mol. The molecule has 0 spiro atoms. The minimum atomic E-state index is -0.355. The van der Waals surface area contributed by atoms with E-state index in [0.717, 1.165) is 17.2 Å². The summed E-state index contributed by atoms with van der Waals surface area (Å²) in [4.78, 5) is 12.5. The smallest absolute Gasteiger partial charge is 0.239 e. The number of nitrogens with one attached hydrogen (secondary N) is 1. The van der Waals surface area contributed by atoms with Gasteiger partial charge in [0, 0.05) is 30.6 Å². The summed E-state index contributed by atoms with van der Waals surface area (Å²) in [6, 6.07) is 6.20. The second-order valence-corrected chi connectivity index (χ2v) is 5.48. The molecule has 2 N–H and O–H groups in total. The molecule has 0 aliphatic heterocycles. The van der Waals surface area contributed by atoms with E-state index < -0.39 is 0 Å². The van der Waals surface area contributed by atoms with Crippen molar-refractivity contribution in [3.05, 3.63) is 71.1 Å². The van der Waals surface area contributed by atoms with E-state index in [2.05, 4.69) is 20.6 Å². The molecular formula is C17H16FN5O2. The molecule has 0 radical (unpaired) electrons. The van der Waals surface area contributed by atoms with Gasteiger partial charge in [-0.15, -0.1) is 10.2 Å². The zero-order chi connectivity index (χ0) is 17.8. The van der Waals surface area contributed by atoms with E-state index in [0.29, 0.717) is 18.5 Å². The molecule has 0 fully saturated rings. The number of rotatable bonds is 6. The van der Waals surface area contributed by atoms with Crippen LogP contribution in [-0.4, -0.2) is 36.1 Å². The van der Waals surface area contributed by atoms with Crippen LogP contribution in [0.1, 0.15) is 34.2 Å². The Morgan fingerprint density at radius 1 is 1.32 bits per heavy atom. The third-order valence-electron chi connectivity index (χ3n) is 3.73. The first-order chi connectivity index (χ1) is 12.1. The Kier molecular flexibility index (Phi) is 4.69. The molecular weight excluding hydrogens is 325 g/mol. The third-order valence-corrected chi connectivity index (χ3v) is 3.73. The molecule has 1 aromatic carbocycles. The third kappa shape index (κ3) is 3.79. The zero-order valence-corrected chi connectivity index (χ0v) is 13.5. The Balaban J connectivity index is 1.83. The fourth-order valence-electron chi connectivity index (χ4n) is 2.49. The number of hydrogen-bond acceptors (Lipinski definition) is 5. The number of hydrogen-bond donors (Lipinski definition) is 2. The number of allylic oxidation sites excluding steroid dienone is 1. The average Bonchev–Trinajstić information content (AvgIpc) is 3.26. The van der Waals surface area contributed by atoms with Crippen LogP contribution in [-0.2, 0) is 13.0 Å². The van der Waals surface area contributed by atoms with Crippen molar-refractivity contribution in [2.45, 2.75) is 19.9 Å². The number of ketones is 1. The topological polar surface area (TPSA) is 96.7 Å². The highest BCUT2D eigenvalue weighted by molar-refractivity contribution is 6.08. The molecule has 25 heavy (non-hydrogen) atoms. The van der Waals surface area contributed by atoms with Crippen LogP contribution in [0.15, 0.2) is 42.7 Å². The number of tetrazole rings is 1.